The van der Waals surface area contributed by atoms with Crippen molar-refractivity contribution in [2.24, 2.45) is 0 Å². The van der Waals surface area contributed by atoms with E-state index in [1.165, 1.54) is 6.07 Å². The third-order valence-corrected chi connectivity index (χ3v) is 7.27. The smallest absolute Gasteiger partial charge is 0.277 e. The van der Waals surface area contributed by atoms with Gasteiger partial charge in [-0.3, -0.25) is 19.3 Å². The molecule has 4 aromatic rings. The summed E-state index contributed by atoms with van der Waals surface area (Å²) in [4.78, 5) is 29.0. The molecule has 40 heavy (non-hydrogen) atoms. The number of ether oxygens (including phenoxy) is 2. The van der Waals surface area contributed by atoms with Gasteiger partial charge in [0.2, 0.25) is 5.43 Å². The molecule has 0 radical (unpaired) electrons. The second-order valence-electron chi connectivity index (χ2n) is 9.90. The van der Waals surface area contributed by atoms with Crippen molar-refractivity contribution in [3.05, 3.63) is 142 Å². The number of para-hydroxylation sites is 1. The molecule has 1 amide bonds. The molecule has 6 rings (SSSR count). The van der Waals surface area contributed by atoms with Crippen LogP contribution in [0.2, 0.25) is 0 Å². The van der Waals surface area contributed by atoms with Crippen LogP contribution in [-0.4, -0.2) is 35.3 Å². The minimum Gasteiger partial charge on any atom is -0.489 e. The Hall–Kier alpha value is -4.78. The zero-order valence-electron chi connectivity index (χ0n) is 22.2. The van der Waals surface area contributed by atoms with Crippen molar-refractivity contribution in [3.63, 3.8) is 0 Å². The second-order valence-corrected chi connectivity index (χ2v) is 9.90. The predicted molar refractivity (Wildman–Crippen MR) is 154 cm³/mol. The topological polar surface area (TPSA) is 64.0 Å². The van der Waals surface area contributed by atoms with E-state index in [9.17, 15) is 9.59 Å². The van der Waals surface area contributed by atoms with Crippen molar-refractivity contribution in [2.75, 3.05) is 24.8 Å². The van der Waals surface area contributed by atoms with Crippen LogP contribution in [0, 0.1) is 0 Å². The van der Waals surface area contributed by atoms with Crippen molar-refractivity contribution < 1.29 is 14.3 Å². The van der Waals surface area contributed by atoms with Crippen LogP contribution in [-0.2, 0) is 6.61 Å². The number of hydrogen-bond acceptors (Lipinski definition) is 5. The van der Waals surface area contributed by atoms with E-state index in [0.29, 0.717) is 19.8 Å². The maximum atomic E-state index is 14.0. The lowest BCUT2D eigenvalue weighted by Crippen LogP contribution is -2.55. The Morgan fingerprint density at radius 3 is 2.42 bits per heavy atom. The molecule has 3 heterocycles. The van der Waals surface area contributed by atoms with Crippen LogP contribution < -0.4 is 19.9 Å². The van der Waals surface area contributed by atoms with Crippen molar-refractivity contribution in [3.8, 4) is 11.5 Å². The van der Waals surface area contributed by atoms with Gasteiger partial charge in [-0.2, -0.15) is 0 Å². The van der Waals surface area contributed by atoms with Gasteiger partial charge in [0.1, 0.15) is 31.7 Å². The van der Waals surface area contributed by atoms with E-state index in [1.807, 2.05) is 77.7 Å². The molecule has 0 saturated carbocycles. The molecule has 0 spiro atoms. The molecule has 2 aliphatic heterocycles. The molecular formula is C33H31N3O4. The van der Waals surface area contributed by atoms with E-state index >= 15 is 0 Å². The van der Waals surface area contributed by atoms with Crippen molar-refractivity contribution >= 4 is 5.91 Å². The first-order valence-electron chi connectivity index (χ1n) is 13.6. The van der Waals surface area contributed by atoms with E-state index in [-0.39, 0.29) is 35.4 Å². The summed E-state index contributed by atoms with van der Waals surface area (Å²) in [6.45, 7) is 1.53. The summed E-state index contributed by atoms with van der Waals surface area (Å²) in [7, 11) is 0. The van der Waals surface area contributed by atoms with E-state index in [2.05, 4.69) is 29.3 Å². The fourth-order valence-corrected chi connectivity index (χ4v) is 5.33. The molecule has 1 atom stereocenters. The van der Waals surface area contributed by atoms with E-state index < -0.39 is 0 Å². The Bertz CT molecular complexity index is 1570. The molecule has 3 aromatic carbocycles. The van der Waals surface area contributed by atoms with Crippen LogP contribution in [0.4, 0.5) is 0 Å². The summed E-state index contributed by atoms with van der Waals surface area (Å²) in [5.74, 6) is 0.616. The number of rotatable bonds is 4. The van der Waals surface area contributed by atoms with Gasteiger partial charge in [-0.1, -0.05) is 91.0 Å². The largest absolute Gasteiger partial charge is 0.489 e. The maximum Gasteiger partial charge on any atom is 0.277 e. The monoisotopic (exact) mass is 533 g/mol. The molecule has 7 nitrogen and oxygen atoms in total. The first-order chi connectivity index (χ1) is 19.7. The summed E-state index contributed by atoms with van der Waals surface area (Å²) in [5.41, 5.74) is 2.83. The van der Waals surface area contributed by atoms with Crippen LogP contribution in [0.1, 0.15) is 46.1 Å². The standard InChI is InChI=1S/C33H31N3O4/c37-28-19-21-35-31(32(28)40-23-25-13-5-3-6-14-25)33(38)34-20-11-1-2-12-22-39-29-18-10-9-17-27(29)30(36(35)24-34)26-15-7-4-8-16-26/h2-10,12-19,21,30H,1,11,20,22-24H2. The molecule has 2 aliphatic rings. The third kappa shape index (κ3) is 5.10. The highest BCUT2D eigenvalue weighted by Crippen LogP contribution is 2.37. The van der Waals surface area contributed by atoms with Gasteiger partial charge in [0, 0.05) is 24.4 Å². The third-order valence-electron chi connectivity index (χ3n) is 7.27. The molecule has 7 heteroatoms. The first-order valence-corrected chi connectivity index (χ1v) is 13.6. The lowest BCUT2D eigenvalue weighted by molar-refractivity contribution is 0.0674. The van der Waals surface area contributed by atoms with Gasteiger partial charge in [0.15, 0.2) is 11.4 Å². The van der Waals surface area contributed by atoms with Crippen LogP contribution in [0.15, 0.2) is 114 Å². The zero-order valence-corrected chi connectivity index (χ0v) is 22.2. The Morgan fingerprint density at radius 2 is 1.60 bits per heavy atom. The molecule has 2 bridgehead atoms. The highest BCUT2D eigenvalue weighted by atomic mass is 16.5. The minimum absolute atomic E-state index is 0.0617. The molecule has 1 unspecified atom stereocenters. The molecule has 1 aromatic heterocycles. The van der Waals surface area contributed by atoms with Gasteiger partial charge < -0.3 is 14.4 Å². The van der Waals surface area contributed by atoms with Crippen LogP contribution in [0.25, 0.3) is 0 Å². The molecule has 0 saturated heterocycles. The summed E-state index contributed by atoms with van der Waals surface area (Å²) in [6.07, 6.45) is 7.40. The number of hydrogen-bond donors (Lipinski definition) is 0. The zero-order chi connectivity index (χ0) is 27.3. The SMILES string of the molecule is O=C1c2c(OCc3ccccc3)c(=O)ccn2N2CN1CCCC=CCOc1ccccc1C2c1ccccc1. The number of carbonyl (C=O) groups is 1. The van der Waals surface area contributed by atoms with Crippen molar-refractivity contribution in [1.82, 2.24) is 9.58 Å². The van der Waals surface area contributed by atoms with Gasteiger partial charge >= 0.3 is 0 Å². The van der Waals surface area contributed by atoms with Crippen LogP contribution in [0.5, 0.6) is 11.5 Å². The lowest BCUT2D eigenvalue weighted by atomic mass is 9.97. The van der Waals surface area contributed by atoms with Crippen molar-refractivity contribution in [1.29, 1.82) is 0 Å². The first kappa shape index (κ1) is 25.5. The minimum atomic E-state index is -0.321. The Balaban J connectivity index is 1.53. The quantitative estimate of drug-likeness (QED) is 0.333. The number of pyridine rings is 1. The molecule has 0 aliphatic carbocycles. The van der Waals surface area contributed by atoms with Gasteiger partial charge in [0.05, 0.1) is 0 Å². The maximum absolute atomic E-state index is 14.0. The summed E-state index contributed by atoms with van der Waals surface area (Å²) in [6, 6.07) is 29.0. The molecule has 202 valence electrons. The lowest BCUT2D eigenvalue weighted by Gasteiger charge is -2.44. The van der Waals surface area contributed by atoms with Gasteiger partial charge in [0.25, 0.3) is 5.91 Å². The number of amides is 1. The summed E-state index contributed by atoms with van der Waals surface area (Å²) < 4.78 is 14.2. The van der Waals surface area contributed by atoms with Gasteiger partial charge in [-0.05, 0) is 30.0 Å². The average molecular weight is 534 g/mol. The number of benzene rings is 3. The highest BCUT2D eigenvalue weighted by Gasteiger charge is 2.37. The fraction of sp³-hybridized carbons (Fsp3) is 0.212. The van der Waals surface area contributed by atoms with Crippen LogP contribution >= 0.6 is 0 Å². The summed E-state index contributed by atoms with van der Waals surface area (Å²) in [5, 5.41) is 2.12. The number of nitrogens with zero attached hydrogens (tertiary/aromatic N) is 3. The Kier molecular flexibility index (Phi) is 7.35. The van der Waals surface area contributed by atoms with E-state index in [0.717, 1.165) is 35.3 Å². The molecule has 0 N–H and O–H groups in total. The number of fused-ring (bicyclic) bond motifs is 5. The van der Waals surface area contributed by atoms with Gasteiger partial charge in [-0.25, -0.2) is 0 Å². The summed E-state index contributed by atoms with van der Waals surface area (Å²) >= 11 is 0. The predicted octanol–water partition coefficient (Wildman–Crippen LogP) is 5.30. The normalized spacial score (nSPS) is 17.0. The number of aromatic nitrogens is 1. The van der Waals surface area contributed by atoms with Crippen molar-refractivity contribution in [2.45, 2.75) is 25.5 Å². The van der Waals surface area contributed by atoms with E-state index in [4.69, 9.17) is 9.47 Å². The molecular weight excluding hydrogens is 502 g/mol. The van der Waals surface area contributed by atoms with Gasteiger partial charge in [-0.15, -0.1) is 0 Å². The number of allylic oxidation sites excluding steroid dienone is 1. The highest BCUT2D eigenvalue weighted by molar-refractivity contribution is 5.96. The van der Waals surface area contributed by atoms with Crippen LogP contribution in [0.3, 0.4) is 0 Å². The molecule has 0 fully saturated rings. The Labute approximate surface area is 233 Å². The fourth-order valence-electron chi connectivity index (χ4n) is 5.33. The number of carbonyl (C=O) groups excluding carboxylic acids is 1. The van der Waals surface area contributed by atoms with E-state index in [1.54, 1.807) is 10.9 Å². The second kappa shape index (κ2) is 11.5. The Morgan fingerprint density at radius 1 is 0.850 bits per heavy atom. The average Bonchev–Trinajstić information content (AvgIpc) is 3.00.